The Kier molecular flexibility index (Phi) is 7.79. The fourth-order valence-corrected chi connectivity index (χ4v) is 5.01. The van der Waals surface area contributed by atoms with E-state index < -0.39 is 10.0 Å². The maximum atomic E-state index is 12.9. The zero-order valence-electron chi connectivity index (χ0n) is 17.7. The molecular formula is C20H28N4O3S2. The van der Waals surface area contributed by atoms with Gasteiger partial charge in [0.25, 0.3) is 5.91 Å². The molecule has 1 N–H and O–H groups in total. The van der Waals surface area contributed by atoms with E-state index in [1.54, 1.807) is 32.9 Å². The van der Waals surface area contributed by atoms with Gasteiger partial charge in [0.2, 0.25) is 10.0 Å². The van der Waals surface area contributed by atoms with Crippen LogP contribution >= 0.6 is 11.8 Å². The molecule has 0 saturated carbocycles. The van der Waals surface area contributed by atoms with Crippen molar-refractivity contribution in [2.75, 3.05) is 24.7 Å². The zero-order valence-corrected chi connectivity index (χ0v) is 19.3. The third-order valence-corrected chi connectivity index (χ3v) is 7.17. The Morgan fingerprint density at radius 1 is 1.21 bits per heavy atom. The minimum Gasteiger partial charge on any atom is -0.322 e. The Bertz CT molecular complexity index is 987. The van der Waals surface area contributed by atoms with Crippen molar-refractivity contribution in [3.63, 3.8) is 0 Å². The third-order valence-electron chi connectivity index (χ3n) is 4.45. The van der Waals surface area contributed by atoms with Gasteiger partial charge in [-0.2, -0.15) is 4.31 Å². The van der Waals surface area contributed by atoms with Gasteiger partial charge < -0.3 is 5.32 Å². The van der Waals surface area contributed by atoms with Crippen LogP contribution in [0.15, 0.2) is 34.2 Å². The predicted molar refractivity (Wildman–Crippen MR) is 117 cm³/mol. The second-order valence-corrected chi connectivity index (χ2v) is 9.51. The molecule has 0 aliphatic heterocycles. The number of anilines is 1. The minimum absolute atomic E-state index is 0.146. The van der Waals surface area contributed by atoms with Gasteiger partial charge >= 0.3 is 0 Å². The second-order valence-electron chi connectivity index (χ2n) is 6.78. The van der Waals surface area contributed by atoms with Crippen LogP contribution in [0.1, 0.15) is 55.5 Å². The normalized spacial score (nSPS) is 11.9. The number of amides is 1. The lowest BCUT2D eigenvalue weighted by Crippen LogP contribution is -2.30. The average molecular weight is 437 g/mol. The molecule has 9 heteroatoms. The first kappa shape index (κ1) is 23.3. The van der Waals surface area contributed by atoms with Crippen molar-refractivity contribution in [1.29, 1.82) is 0 Å². The summed E-state index contributed by atoms with van der Waals surface area (Å²) in [5.41, 5.74) is 1.40. The molecule has 0 bridgehead atoms. The quantitative estimate of drug-likeness (QED) is 0.498. The predicted octanol–water partition coefficient (Wildman–Crippen LogP) is 3.91. The monoisotopic (exact) mass is 436 g/mol. The number of aromatic nitrogens is 2. The fraction of sp³-hybridized carbons (Fsp3) is 0.450. The number of carbonyl (C=O) groups is 1. The lowest BCUT2D eigenvalue weighted by molar-refractivity contribution is 0.102. The number of carbonyl (C=O) groups excluding carboxylic acids is 1. The van der Waals surface area contributed by atoms with Gasteiger partial charge in [0.1, 0.15) is 10.9 Å². The largest absolute Gasteiger partial charge is 0.322 e. The van der Waals surface area contributed by atoms with Crippen molar-refractivity contribution >= 4 is 33.4 Å². The molecule has 1 aromatic heterocycles. The van der Waals surface area contributed by atoms with Crippen LogP contribution in [0.3, 0.4) is 0 Å². The summed E-state index contributed by atoms with van der Waals surface area (Å²) in [6.07, 6.45) is 1.86. The van der Waals surface area contributed by atoms with Crippen LogP contribution in [0, 0.1) is 6.92 Å². The number of nitrogens with zero attached hydrogens (tertiary/aromatic N) is 3. The number of benzene rings is 1. The molecule has 1 aromatic carbocycles. The summed E-state index contributed by atoms with van der Waals surface area (Å²) in [6, 6.07) is 6.29. The molecule has 1 amide bonds. The van der Waals surface area contributed by atoms with E-state index in [0.717, 1.165) is 0 Å². The molecule has 2 rings (SSSR count). The minimum atomic E-state index is -3.61. The van der Waals surface area contributed by atoms with Gasteiger partial charge in [-0.05, 0) is 31.4 Å². The summed E-state index contributed by atoms with van der Waals surface area (Å²) < 4.78 is 26.9. The van der Waals surface area contributed by atoms with E-state index in [0.29, 0.717) is 40.9 Å². The number of nitrogens with one attached hydrogen (secondary N) is 1. The highest BCUT2D eigenvalue weighted by Crippen LogP contribution is 2.25. The molecule has 0 atom stereocenters. The Morgan fingerprint density at radius 2 is 1.86 bits per heavy atom. The van der Waals surface area contributed by atoms with Crippen molar-refractivity contribution in [1.82, 2.24) is 14.3 Å². The third kappa shape index (κ3) is 5.15. The number of rotatable bonds is 8. The van der Waals surface area contributed by atoms with Crippen molar-refractivity contribution in [2.45, 2.75) is 50.5 Å². The Balaban J connectivity index is 2.38. The smallest absolute Gasteiger partial charge is 0.260 e. The molecule has 0 unspecified atom stereocenters. The van der Waals surface area contributed by atoms with Crippen LogP contribution in [-0.4, -0.2) is 47.9 Å². The lowest BCUT2D eigenvalue weighted by Gasteiger charge is -2.19. The van der Waals surface area contributed by atoms with Crippen molar-refractivity contribution in [3.8, 4) is 0 Å². The van der Waals surface area contributed by atoms with Crippen molar-refractivity contribution < 1.29 is 13.2 Å². The molecule has 0 aliphatic carbocycles. The maximum Gasteiger partial charge on any atom is 0.260 e. The van der Waals surface area contributed by atoms with Gasteiger partial charge in [-0.3, -0.25) is 4.79 Å². The van der Waals surface area contributed by atoms with E-state index in [1.165, 1.54) is 28.2 Å². The Labute approximate surface area is 177 Å². The highest BCUT2D eigenvalue weighted by Gasteiger charge is 2.23. The van der Waals surface area contributed by atoms with Gasteiger partial charge in [0, 0.05) is 24.7 Å². The Morgan fingerprint density at radius 3 is 2.41 bits per heavy atom. The first-order valence-corrected chi connectivity index (χ1v) is 12.2. The van der Waals surface area contributed by atoms with Crippen LogP contribution in [-0.2, 0) is 10.0 Å². The molecule has 2 aromatic rings. The van der Waals surface area contributed by atoms with Gasteiger partial charge in [0.05, 0.1) is 16.2 Å². The molecular weight excluding hydrogens is 408 g/mol. The molecule has 7 nitrogen and oxygen atoms in total. The van der Waals surface area contributed by atoms with E-state index in [1.807, 2.05) is 20.1 Å². The van der Waals surface area contributed by atoms with Crippen LogP contribution in [0.4, 0.5) is 5.69 Å². The average Bonchev–Trinajstić information content (AvgIpc) is 2.67. The van der Waals surface area contributed by atoms with Crippen molar-refractivity contribution in [2.24, 2.45) is 0 Å². The van der Waals surface area contributed by atoms with Gasteiger partial charge in [-0.1, -0.05) is 33.8 Å². The number of aryl methyl sites for hydroxylation is 1. The molecule has 158 valence electrons. The van der Waals surface area contributed by atoms with Gasteiger partial charge in [0.15, 0.2) is 0 Å². The summed E-state index contributed by atoms with van der Waals surface area (Å²) in [5, 5.41) is 3.40. The standard InChI is InChI=1S/C20H28N4O3S2/c1-7-24(8-2)29(26,27)16-11-9-10-15(12-16)22-19(25)17-14(5)21-18(13(3)4)23-20(17)28-6/h9-13H,7-8H2,1-6H3,(H,22,25). The Hall–Kier alpha value is -1.97. The first-order valence-electron chi connectivity index (χ1n) is 9.49. The molecule has 0 fully saturated rings. The van der Waals surface area contributed by atoms with E-state index >= 15 is 0 Å². The summed E-state index contributed by atoms with van der Waals surface area (Å²) in [7, 11) is -3.61. The second kappa shape index (κ2) is 9.69. The van der Waals surface area contributed by atoms with Crippen LogP contribution in [0.2, 0.25) is 0 Å². The molecule has 0 radical (unpaired) electrons. The summed E-state index contributed by atoms with van der Waals surface area (Å²) >= 11 is 1.38. The number of thioether (sulfide) groups is 1. The highest BCUT2D eigenvalue weighted by molar-refractivity contribution is 7.98. The van der Waals surface area contributed by atoms with E-state index in [-0.39, 0.29) is 16.7 Å². The number of hydrogen-bond donors (Lipinski definition) is 1. The molecule has 29 heavy (non-hydrogen) atoms. The molecule has 0 spiro atoms. The first-order chi connectivity index (χ1) is 13.6. The summed E-state index contributed by atoms with van der Waals surface area (Å²) in [4.78, 5) is 22.0. The topological polar surface area (TPSA) is 92.3 Å². The fourth-order valence-electron chi connectivity index (χ4n) is 2.88. The number of sulfonamides is 1. The highest BCUT2D eigenvalue weighted by atomic mass is 32.2. The van der Waals surface area contributed by atoms with Gasteiger partial charge in [-0.15, -0.1) is 11.8 Å². The van der Waals surface area contributed by atoms with E-state index in [2.05, 4.69) is 15.3 Å². The molecule has 0 aliphatic rings. The van der Waals surface area contributed by atoms with Crippen LogP contribution in [0.5, 0.6) is 0 Å². The maximum absolute atomic E-state index is 12.9. The van der Waals surface area contributed by atoms with E-state index in [9.17, 15) is 13.2 Å². The summed E-state index contributed by atoms with van der Waals surface area (Å²) in [6.45, 7) is 10.1. The van der Waals surface area contributed by atoms with Crippen molar-refractivity contribution in [3.05, 3.63) is 41.3 Å². The van der Waals surface area contributed by atoms with Gasteiger partial charge in [-0.25, -0.2) is 18.4 Å². The zero-order chi connectivity index (χ0) is 21.8. The van der Waals surface area contributed by atoms with Crippen LogP contribution in [0.25, 0.3) is 0 Å². The number of hydrogen-bond acceptors (Lipinski definition) is 6. The summed E-state index contributed by atoms with van der Waals surface area (Å²) in [5.74, 6) is 0.480. The molecule has 0 saturated heterocycles. The SMILES string of the molecule is CCN(CC)S(=O)(=O)c1cccc(NC(=O)c2c(C)nc(C(C)C)nc2SC)c1. The van der Waals surface area contributed by atoms with E-state index in [4.69, 9.17) is 0 Å². The lowest BCUT2D eigenvalue weighted by atomic mass is 10.1. The molecule has 1 heterocycles. The van der Waals surface area contributed by atoms with Crippen LogP contribution < -0.4 is 5.32 Å².